The maximum absolute atomic E-state index is 12.1. The van der Waals surface area contributed by atoms with Crippen molar-refractivity contribution < 1.29 is 19.8 Å². The second-order valence-electron chi connectivity index (χ2n) is 6.13. The summed E-state index contributed by atoms with van der Waals surface area (Å²) in [5.74, 6) is -0.829. The van der Waals surface area contributed by atoms with E-state index in [-0.39, 0.29) is 18.6 Å². The number of aliphatic carboxylic acids is 1. The molecule has 20 heavy (non-hydrogen) atoms. The topological polar surface area (TPSA) is 89.9 Å². The van der Waals surface area contributed by atoms with Crippen molar-refractivity contribution in [2.45, 2.75) is 57.1 Å². The molecule has 2 fully saturated rings. The molecule has 0 aromatic heterocycles. The summed E-state index contributed by atoms with van der Waals surface area (Å²) >= 11 is 0. The second-order valence-corrected chi connectivity index (χ2v) is 6.13. The quantitative estimate of drug-likeness (QED) is 0.723. The minimum atomic E-state index is -0.829. The molecule has 0 saturated heterocycles. The number of nitrogens with one attached hydrogen (secondary N) is 1. The highest BCUT2D eigenvalue weighted by molar-refractivity contribution is 5.79. The Bertz CT molecular complexity index is 381. The van der Waals surface area contributed by atoms with Crippen molar-refractivity contribution in [2.75, 3.05) is 13.6 Å². The van der Waals surface area contributed by atoms with Gasteiger partial charge in [0.15, 0.2) is 0 Å². The van der Waals surface area contributed by atoms with Gasteiger partial charge in [0.1, 0.15) is 0 Å². The van der Waals surface area contributed by atoms with Crippen molar-refractivity contribution in [3.05, 3.63) is 0 Å². The van der Waals surface area contributed by atoms with Gasteiger partial charge in [-0.2, -0.15) is 0 Å². The average Bonchev–Trinajstić information content (AvgIpc) is 2.36. The van der Waals surface area contributed by atoms with Crippen LogP contribution < -0.4 is 5.32 Å². The molecular formula is C14H24N2O4. The van der Waals surface area contributed by atoms with Gasteiger partial charge in [0, 0.05) is 13.6 Å². The van der Waals surface area contributed by atoms with Gasteiger partial charge in [0.05, 0.1) is 17.6 Å². The molecule has 0 aromatic carbocycles. The number of likely N-dealkylation sites (N-methyl/N-ethyl adjacent to an activating group) is 1. The number of carbonyl (C=O) groups excluding carboxylic acids is 1. The van der Waals surface area contributed by atoms with Crippen LogP contribution in [0, 0.1) is 5.41 Å². The van der Waals surface area contributed by atoms with E-state index in [0.29, 0.717) is 12.8 Å². The third kappa shape index (κ3) is 2.90. The molecule has 2 aliphatic rings. The Morgan fingerprint density at radius 2 is 1.90 bits per heavy atom. The predicted octanol–water partition coefficient (Wildman–Crippen LogP) is 1.19. The molecule has 6 heteroatoms. The number of hydrogen-bond acceptors (Lipinski definition) is 3. The van der Waals surface area contributed by atoms with Crippen LogP contribution in [0.25, 0.3) is 0 Å². The molecule has 0 bridgehead atoms. The lowest BCUT2D eigenvalue weighted by Crippen LogP contribution is -2.54. The lowest BCUT2D eigenvalue weighted by molar-refractivity contribution is -0.153. The van der Waals surface area contributed by atoms with E-state index in [9.17, 15) is 19.8 Å². The molecule has 0 radical (unpaired) electrons. The van der Waals surface area contributed by atoms with Gasteiger partial charge in [-0.15, -0.1) is 0 Å². The first-order valence-corrected chi connectivity index (χ1v) is 7.38. The van der Waals surface area contributed by atoms with Crippen LogP contribution in [0.2, 0.25) is 0 Å². The molecule has 3 N–H and O–H groups in total. The predicted molar refractivity (Wildman–Crippen MR) is 73.3 cm³/mol. The second kappa shape index (κ2) is 5.99. The number of carboxylic acid groups (broad SMARTS) is 1. The summed E-state index contributed by atoms with van der Waals surface area (Å²) in [5, 5.41) is 21.9. The molecule has 2 atom stereocenters. The molecule has 2 amide bonds. The number of aliphatic hydroxyl groups is 1. The van der Waals surface area contributed by atoms with Crippen LogP contribution in [0.15, 0.2) is 0 Å². The van der Waals surface area contributed by atoms with Gasteiger partial charge in [0.25, 0.3) is 0 Å². The van der Waals surface area contributed by atoms with E-state index in [1.165, 1.54) is 4.90 Å². The number of rotatable bonds is 4. The van der Waals surface area contributed by atoms with Crippen LogP contribution in [0.1, 0.15) is 44.9 Å². The Labute approximate surface area is 119 Å². The molecule has 2 rings (SSSR count). The van der Waals surface area contributed by atoms with E-state index in [1.54, 1.807) is 7.05 Å². The molecule has 0 aromatic rings. The molecule has 6 nitrogen and oxygen atoms in total. The summed E-state index contributed by atoms with van der Waals surface area (Å²) in [6.45, 7) is 0.175. The number of hydrogen-bond donors (Lipinski definition) is 3. The van der Waals surface area contributed by atoms with Gasteiger partial charge in [0.2, 0.25) is 0 Å². The molecule has 0 heterocycles. The first-order chi connectivity index (χ1) is 9.46. The Morgan fingerprint density at radius 1 is 1.25 bits per heavy atom. The summed E-state index contributed by atoms with van der Waals surface area (Å²) in [7, 11) is 1.67. The van der Waals surface area contributed by atoms with Crippen LogP contribution >= 0.6 is 0 Å². The van der Waals surface area contributed by atoms with Gasteiger partial charge < -0.3 is 20.4 Å². The molecule has 2 aliphatic carbocycles. The minimum Gasteiger partial charge on any atom is -0.481 e. The van der Waals surface area contributed by atoms with E-state index in [0.717, 1.165) is 32.1 Å². The fraction of sp³-hybridized carbons (Fsp3) is 0.857. The summed E-state index contributed by atoms with van der Waals surface area (Å²) in [6, 6.07) is -0.450. The summed E-state index contributed by atoms with van der Waals surface area (Å²) in [4.78, 5) is 24.9. The Morgan fingerprint density at radius 3 is 2.40 bits per heavy atom. The lowest BCUT2D eigenvalue weighted by Gasteiger charge is -2.39. The van der Waals surface area contributed by atoms with Gasteiger partial charge in [-0.25, -0.2) is 4.79 Å². The van der Waals surface area contributed by atoms with E-state index in [4.69, 9.17) is 0 Å². The van der Waals surface area contributed by atoms with Crippen molar-refractivity contribution in [1.82, 2.24) is 10.2 Å². The van der Waals surface area contributed by atoms with E-state index in [1.807, 2.05) is 0 Å². The Balaban J connectivity index is 1.86. The zero-order valence-electron chi connectivity index (χ0n) is 12.0. The standard InChI is InChI=1S/C14H24N2O4/c1-16(10-5-2-3-6-11(10)17)13(20)15-9-14(12(18)19)7-4-8-14/h10-11,17H,2-9H2,1H3,(H,15,20)(H,18,19). The fourth-order valence-electron chi connectivity index (χ4n) is 3.13. The van der Waals surface area contributed by atoms with Crippen molar-refractivity contribution in [2.24, 2.45) is 5.41 Å². The number of nitrogens with zero attached hydrogens (tertiary/aromatic N) is 1. The Hall–Kier alpha value is -1.30. The Kier molecular flexibility index (Phi) is 4.52. The number of aliphatic hydroxyl groups excluding tert-OH is 1. The average molecular weight is 284 g/mol. The number of carboxylic acids is 1. The maximum atomic E-state index is 12.1. The molecule has 2 unspecified atom stereocenters. The summed E-state index contributed by atoms with van der Waals surface area (Å²) < 4.78 is 0. The van der Waals surface area contributed by atoms with Crippen LogP contribution in [-0.4, -0.2) is 52.9 Å². The van der Waals surface area contributed by atoms with Gasteiger partial charge in [-0.3, -0.25) is 4.79 Å². The van der Waals surface area contributed by atoms with Crippen molar-refractivity contribution in [3.63, 3.8) is 0 Å². The number of urea groups is 1. The maximum Gasteiger partial charge on any atom is 0.317 e. The first kappa shape index (κ1) is 15.1. The van der Waals surface area contributed by atoms with Crippen LogP contribution in [0.5, 0.6) is 0 Å². The van der Waals surface area contributed by atoms with Crippen LogP contribution in [0.3, 0.4) is 0 Å². The zero-order chi connectivity index (χ0) is 14.8. The third-order valence-electron chi connectivity index (χ3n) is 4.85. The normalized spacial score (nSPS) is 28.3. The largest absolute Gasteiger partial charge is 0.481 e. The third-order valence-corrected chi connectivity index (χ3v) is 4.85. The molecular weight excluding hydrogens is 260 g/mol. The highest BCUT2D eigenvalue weighted by Gasteiger charge is 2.44. The van der Waals surface area contributed by atoms with Crippen LogP contribution in [-0.2, 0) is 4.79 Å². The van der Waals surface area contributed by atoms with Gasteiger partial charge in [-0.1, -0.05) is 19.3 Å². The zero-order valence-corrected chi connectivity index (χ0v) is 12.0. The fourth-order valence-corrected chi connectivity index (χ4v) is 3.13. The number of amides is 2. The van der Waals surface area contributed by atoms with Crippen molar-refractivity contribution >= 4 is 12.0 Å². The molecule has 114 valence electrons. The van der Waals surface area contributed by atoms with Gasteiger partial charge >= 0.3 is 12.0 Å². The SMILES string of the molecule is CN(C(=O)NCC1(C(=O)O)CCC1)C1CCCCC1O. The highest BCUT2D eigenvalue weighted by atomic mass is 16.4. The summed E-state index contributed by atoms with van der Waals surface area (Å²) in [6.07, 6.45) is 5.21. The molecule has 0 aliphatic heterocycles. The molecule has 2 saturated carbocycles. The minimum absolute atomic E-state index is 0.161. The first-order valence-electron chi connectivity index (χ1n) is 7.38. The van der Waals surface area contributed by atoms with E-state index < -0.39 is 17.5 Å². The number of carbonyl (C=O) groups is 2. The van der Waals surface area contributed by atoms with Crippen molar-refractivity contribution in [3.8, 4) is 0 Å². The monoisotopic (exact) mass is 284 g/mol. The van der Waals surface area contributed by atoms with Crippen LogP contribution in [0.4, 0.5) is 4.79 Å². The summed E-state index contributed by atoms with van der Waals surface area (Å²) in [5.41, 5.74) is -0.776. The highest BCUT2D eigenvalue weighted by Crippen LogP contribution is 2.40. The van der Waals surface area contributed by atoms with Crippen molar-refractivity contribution in [1.29, 1.82) is 0 Å². The van der Waals surface area contributed by atoms with E-state index >= 15 is 0 Å². The lowest BCUT2D eigenvalue weighted by atomic mass is 9.69. The van der Waals surface area contributed by atoms with Gasteiger partial charge in [-0.05, 0) is 25.7 Å². The molecule has 0 spiro atoms. The van der Waals surface area contributed by atoms with E-state index in [2.05, 4.69) is 5.32 Å². The smallest absolute Gasteiger partial charge is 0.317 e.